The summed E-state index contributed by atoms with van der Waals surface area (Å²) in [5, 5.41) is 18.9. The van der Waals surface area contributed by atoms with E-state index in [4.69, 9.17) is 9.84 Å². The Morgan fingerprint density at radius 3 is 2.41 bits per heavy atom. The second-order valence-corrected chi connectivity index (χ2v) is 9.53. The molecule has 0 bridgehead atoms. The van der Waals surface area contributed by atoms with Crippen molar-refractivity contribution in [3.63, 3.8) is 0 Å². The van der Waals surface area contributed by atoms with E-state index in [0.717, 1.165) is 25.7 Å². The van der Waals surface area contributed by atoms with Crippen LogP contribution < -0.4 is 0 Å². The molecule has 1 aliphatic carbocycles. The summed E-state index contributed by atoms with van der Waals surface area (Å²) in [5.41, 5.74) is -0.597. The lowest BCUT2D eigenvalue weighted by molar-refractivity contribution is -0.153. The molecule has 0 aromatic rings. The second kappa shape index (κ2) is 11.5. The van der Waals surface area contributed by atoms with E-state index in [-0.39, 0.29) is 41.8 Å². The van der Waals surface area contributed by atoms with Crippen LogP contribution in [-0.4, -0.2) is 56.2 Å². The van der Waals surface area contributed by atoms with E-state index in [1.165, 1.54) is 18.0 Å². The lowest BCUT2D eigenvalue weighted by Gasteiger charge is -2.36. The Morgan fingerprint density at radius 2 is 1.78 bits per heavy atom. The Morgan fingerprint density at radius 1 is 1.08 bits per heavy atom. The standard InChI is InChI=1S/C28H33NO8/c1-4-6-7-8-9-11-22(30)24-20-15-17-14-18(10-5-2)29(21(26(34)35)12-13-23(31)32)16-19(17)25(33)28(20,3)37-27(24)36/h5,10,14-16,21H,4,6-9,11-13H2,1-3H3,(H,31,32)(H,34,35). The number of ketones is 2. The fourth-order valence-corrected chi connectivity index (χ4v) is 4.83. The Hall–Kier alpha value is -3.75. The van der Waals surface area contributed by atoms with Crippen molar-refractivity contribution < 1.29 is 38.9 Å². The number of fused-ring (bicyclic) bond motifs is 2. The van der Waals surface area contributed by atoms with Gasteiger partial charge in [0.1, 0.15) is 11.6 Å². The fourth-order valence-electron chi connectivity index (χ4n) is 4.83. The highest BCUT2D eigenvalue weighted by atomic mass is 16.6. The maximum absolute atomic E-state index is 13.6. The molecule has 0 spiro atoms. The Labute approximate surface area is 215 Å². The van der Waals surface area contributed by atoms with Crippen LogP contribution in [0.25, 0.3) is 0 Å². The molecule has 3 aliphatic rings. The number of ether oxygens (including phenoxy) is 1. The molecule has 9 nitrogen and oxygen atoms in total. The Kier molecular flexibility index (Phi) is 8.68. The van der Waals surface area contributed by atoms with Crippen LogP contribution in [0.4, 0.5) is 0 Å². The number of hydrogen-bond donors (Lipinski definition) is 2. The van der Waals surface area contributed by atoms with Gasteiger partial charge in [0, 0.05) is 35.9 Å². The topological polar surface area (TPSA) is 138 Å². The van der Waals surface area contributed by atoms with Crippen LogP contribution in [0, 0.1) is 0 Å². The lowest BCUT2D eigenvalue weighted by Crippen LogP contribution is -2.44. The van der Waals surface area contributed by atoms with Gasteiger partial charge < -0.3 is 19.8 Å². The minimum Gasteiger partial charge on any atom is -0.481 e. The van der Waals surface area contributed by atoms with E-state index in [1.54, 1.807) is 31.2 Å². The largest absolute Gasteiger partial charge is 0.481 e. The van der Waals surface area contributed by atoms with Gasteiger partial charge in [-0.3, -0.25) is 14.4 Å². The zero-order chi connectivity index (χ0) is 27.3. The normalized spacial score (nSPS) is 21.7. The number of carbonyl (C=O) groups excluding carboxylic acids is 3. The maximum atomic E-state index is 13.6. The van der Waals surface area contributed by atoms with Crippen molar-refractivity contribution in [2.45, 2.75) is 83.8 Å². The molecule has 2 N–H and O–H groups in total. The smallest absolute Gasteiger partial charge is 0.343 e. The molecule has 0 aromatic heterocycles. The number of hydrogen-bond acceptors (Lipinski definition) is 7. The summed E-state index contributed by atoms with van der Waals surface area (Å²) in [6.07, 6.45) is 12.2. The Bertz CT molecular complexity index is 1170. The molecular weight excluding hydrogens is 478 g/mol. The third-order valence-corrected chi connectivity index (χ3v) is 6.82. The first-order chi connectivity index (χ1) is 17.5. The molecule has 2 aliphatic heterocycles. The molecule has 3 rings (SSSR count). The number of rotatable bonds is 13. The highest BCUT2D eigenvalue weighted by Gasteiger charge is 2.54. The van der Waals surface area contributed by atoms with Gasteiger partial charge >= 0.3 is 17.9 Å². The summed E-state index contributed by atoms with van der Waals surface area (Å²) >= 11 is 0. The molecule has 2 unspecified atom stereocenters. The van der Waals surface area contributed by atoms with Crippen molar-refractivity contribution in [2.24, 2.45) is 0 Å². The molecule has 0 saturated heterocycles. The summed E-state index contributed by atoms with van der Waals surface area (Å²) < 4.78 is 5.47. The van der Waals surface area contributed by atoms with Gasteiger partial charge in [0.15, 0.2) is 11.4 Å². The monoisotopic (exact) mass is 511 g/mol. The molecular formula is C28H33NO8. The Balaban J connectivity index is 2.02. The van der Waals surface area contributed by atoms with Crippen molar-refractivity contribution in [3.8, 4) is 0 Å². The van der Waals surface area contributed by atoms with Crippen LogP contribution in [-0.2, 0) is 28.7 Å². The summed E-state index contributed by atoms with van der Waals surface area (Å²) in [4.78, 5) is 63.9. The quantitative estimate of drug-likeness (QED) is 0.213. The van der Waals surface area contributed by atoms with Gasteiger partial charge in [-0.2, -0.15) is 0 Å². The van der Waals surface area contributed by atoms with E-state index < -0.39 is 35.3 Å². The molecule has 0 radical (unpaired) electrons. The number of carbonyl (C=O) groups is 5. The number of carboxylic acids is 2. The molecule has 2 atom stereocenters. The third kappa shape index (κ3) is 5.65. The van der Waals surface area contributed by atoms with Crippen molar-refractivity contribution >= 4 is 29.5 Å². The van der Waals surface area contributed by atoms with Crippen LogP contribution >= 0.6 is 0 Å². The summed E-state index contributed by atoms with van der Waals surface area (Å²) in [7, 11) is 0. The van der Waals surface area contributed by atoms with Crippen LogP contribution in [0.2, 0.25) is 0 Å². The predicted molar refractivity (Wildman–Crippen MR) is 134 cm³/mol. The van der Waals surface area contributed by atoms with Gasteiger partial charge in [-0.05, 0) is 50.5 Å². The minimum atomic E-state index is -1.70. The highest BCUT2D eigenvalue weighted by molar-refractivity contribution is 6.25. The van der Waals surface area contributed by atoms with E-state index in [2.05, 4.69) is 6.92 Å². The minimum absolute atomic E-state index is 0.105. The zero-order valence-electron chi connectivity index (χ0n) is 21.4. The number of carboxylic acid groups (broad SMARTS) is 2. The number of aliphatic carboxylic acids is 2. The first-order valence-electron chi connectivity index (χ1n) is 12.6. The SMILES string of the molecule is CC=CC1=CC2=CC3=C(C(=O)CCCCCCC)C(=O)OC3(C)C(=O)C2=CN1C(CCC(=O)O)C(=O)O. The molecule has 9 heteroatoms. The van der Waals surface area contributed by atoms with Crippen molar-refractivity contribution in [1.29, 1.82) is 0 Å². The average molecular weight is 512 g/mol. The van der Waals surface area contributed by atoms with Gasteiger partial charge in [0.05, 0.1) is 0 Å². The van der Waals surface area contributed by atoms with Crippen molar-refractivity contribution in [2.75, 3.05) is 0 Å². The van der Waals surface area contributed by atoms with Gasteiger partial charge in [-0.25, -0.2) is 9.59 Å². The highest BCUT2D eigenvalue weighted by Crippen LogP contribution is 2.45. The summed E-state index contributed by atoms with van der Waals surface area (Å²) in [6, 6.07) is -1.24. The molecule has 2 heterocycles. The average Bonchev–Trinajstić information content (AvgIpc) is 3.09. The number of allylic oxidation sites excluding steroid dienone is 4. The van der Waals surface area contributed by atoms with Gasteiger partial charge in [-0.1, -0.05) is 38.7 Å². The van der Waals surface area contributed by atoms with Crippen LogP contribution in [0.15, 0.2) is 58.5 Å². The fraction of sp³-hybridized carbons (Fsp3) is 0.464. The summed E-state index contributed by atoms with van der Waals surface area (Å²) in [5.74, 6) is -4.13. The molecule has 0 aromatic carbocycles. The number of esters is 1. The van der Waals surface area contributed by atoms with E-state index in [0.29, 0.717) is 17.7 Å². The molecule has 37 heavy (non-hydrogen) atoms. The van der Waals surface area contributed by atoms with E-state index in [1.807, 2.05) is 0 Å². The van der Waals surface area contributed by atoms with E-state index in [9.17, 15) is 29.1 Å². The van der Waals surface area contributed by atoms with Crippen LogP contribution in [0.1, 0.15) is 72.1 Å². The van der Waals surface area contributed by atoms with Crippen molar-refractivity contribution in [1.82, 2.24) is 4.90 Å². The molecule has 198 valence electrons. The van der Waals surface area contributed by atoms with Gasteiger partial charge in [-0.15, -0.1) is 0 Å². The molecule has 0 saturated carbocycles. The van der Waals surface area contributed by atoms with Crippen LogP contribution in [0.3, 0.4) is 0 Å². The second-order valence-electron chi connectivity index (χ2n) is 9.53. The maximum Gasteiger partial charge on any atom is 0.343 e. The third-order valence-electron chi connectivity index (χ3n) is 6.82. The zero-order valence-corrected chi connectivity index (χ0v) is 21.4. The summed E-state index contributed by atoms with van der Waals surface area (Å²) in [6.45, 7) is 5.28. The van der Waals surface area contributed by atoms with Gasteiger partial charge in [0.25, 0.3) is 0 Å². The van der Waals surface area contributed by atoms with Crippen molar-refractivity contribution in [3.05, 3.63) is 58.5 Å². The van der Waals surface area contributed by atoms with Gasteiger partial charge in [0.2, 0.25) is 5.78 Å². The first kappa shape index (κ1) is 27.8. The van der Waals surface area contributed by atoms with E-state index >= 15 is 0 Å². The molecule has 0 amide bonds. The number of Topliss-reactive ketones (excluding diaryl/α,β-unsaturated/α-hetero) is 2. The lowest BCUT2D eigenvalue weighted by atomic mass is 9.76. The number of nitrogens with zero attached hydrogens (tertiary/aromatic N) is 1. The van der Waals surface area contributed by atoms with Crippen LogP contribution in [0.5, 0.6) is 0 Å². The number of unbranched alkanes of at least 4 members (excludes halogenated alkanes) is 4. The first-order valence-corrected chi connectivity index (χ1v) is 12.6. The molecule has 0 fully saturated rings. The predicted octanol–water partition coefficient (Wildman–Crippen LogP) is 4.01.